The van der Waals surface area contributed by atoms with Crippen molar-refractivity contribution in [3.05, 3.63) is 0 Å². The van der Waals surface area contributed by atoms with Crippen LogP contribution in [0.2, 0.25) is 0 Å². The van der Waals surface area contributed by atoms with Gasteiger partial charge in [-0.2, -0.15) is 0 Å². The van der Waals surface area contributed by atoms with Gasteiger partial charge in [0.15, 0.2) is 12.4 Å². The third-order valence-corrected chi connectivity index (χ3v) is 2.10. The lowest BCUT2D eigenvalue weighted by molar-refractivity contribution is -0.282. The molecule has 6 heteroatoms. The van der Waals surface area contributed by atoms with E-state index in [1.165, 1.54) is 6.92 Å². The Morgan fingerprint density at radius 3 is 2.36 bits per heavy atom. The maximum Gasteiger partial charge on any atom is 0.303 e. The van der Waals surface area contributed by atoms with Gasteiger partial charge < -0.3 is 24.8 Å². The van der Waals surface area contributed by atoms with Crippen LogP contribution in [0.4, 0.5) is 0 Å². The molecule has 0 aromatic carbocycles. The summed E-state index contributed by atoms with van der Waals surface area (Å²) in [6, 6.07) is 0. The molecule has 3 N–H and O–H groups in total. The molecule has 0 spiro atoms. The molecule has 82 valence electrons. The summed E-state index contributed by atoms with van der Waals surface area (Å²) in [6.07, 6.45) is -5.86. The number of hydrogen-bond acceptors (Lipinski definition) is 6. The maximum atomic E-state index is 10.6. The second kappa shape index (κ2) is 4.22. The van der Waals surface area contributed by atoms with Crippen LogP contribution >= 0.6 is 0 Å². The zero-order valence-corrected chi connectivity index (χ0v) is 7.95. The maximum absolute atomic E-state index is 10.6. The zero-order valence-electron chi connectivity index (χ0n) is 7.95. The lowest BCUT2D eigenvalue weighted by atomic mass is 10.00. The van der Waals surface area contributed by atoms with Gasteiger partial charge in [-0.25, -0.2) is 0 Å². The second-order valence-electron chi connectivity index (χ2n) is 3.29. The van der Waals surface area contributed by atoms with Gasteiger partial charge in [-0.3, -0.25) is 4.79 Å². The Hall–Kier alpha value is -0.690. The first-order valence-corrected chi connectivity index (χ1v) is 4.30. The number of hydrogen-bond donors (Lipinski definition) is 3. The van der Waals surface area contributed by atoms with E-state index in [4.69, 9.17) is 4.74 Å². The van der Waals surface area contributed by atoms with Crippen LogP contribution in [0.25, 0.3) is 0 Å². The van der Waals surface area contributed by atoms with Crippen LogP contribution < -0.4 is 0 Å². The van der Waals surface area contributed by atoms with Crippen molar-refractivity contribution in [1.29, 1.82) is 0 Å². The van der Waals surface area contributed by atoms with Gasteiger partial charge in [0, 0.05) is 6.92 Å². The van der Waals surface area contributed by atoms with Crippen molar-refractivity contribution in [3.63, 3.8) is 0 Å². The van der Waals surface area contributed by atoms with E-state index in [1.54, 1.807) is 0 Å². The number of aliphatic hydroxyl groups excluding tert-OH is 3. The molecule has 0 bridgehead atoms. The average Bonchev–Trinajstić information content (AvgIpc) is 2.09. The second-order valence-corrected chi connectivity index (χ2v) is 3.29. The molecule has 0 aliphatic carbocycles. The molecular formula is C8H14O6. The Morgan fingerprint density at radius 2 is 1.86 bits per heavy atom. The fourth-order valence-corrected chi connectivity index (χ4v) is 1.34. The molecule has 1 aliphatic rings. The van der Waals surface area contributed by atoms with E-state index >= 15 is 0 Å². The van der Waals surface area contributed by atoms with Gasteiger partial charge in [-0.05, 0) is 6.92 Å². The first kappa shape index (κ1) is 11.4. The van der Waals surface area contributed by atoms with Crippen molar-refractivity contribution in [3.8, 4) is 0 Å². The first-order valence-electron chi connectivity index (χ1n) is 4.30. The number of carbonyl (C=O) groups excluding carboxylic acids is 1. The largest absolute Gasteiger partial charge is 0.454 e. The smallest absolute Gasteiger partial charge is 0.303 e. The molecule has 0 radical (unpaired) electrons. The van der Waals surface area contributed by atoms with Crippen molar-refractivity contribution in [2.24, 2.45) is 0 Å². The van der Waals surface area contributed by atoms with Gasteiger partial charge in [0.05, 0.1) is 6.10 Å². The molecule has 1 fully saturated rings. The van der Waals surface area contributed by atoms with Gasteiger partial charge in [0.2, 0.25) is 0 Å². The summed E-state index contributed by atoms with van der Waals surface area (Å²) >= 11 is 0. The van der Waals surface area contributed by atoms with Gasteiger partial charge in [0.1, 0.15) is 12.2 Å². The SMILES string of the molecule is CC(=O)O[C@@H]1[C@H](O)[C@@H](O)[C@H](C)O[C@@H]1O. The molecule has 1 rings (SSSR count). The number of carbonyl (C=O) groups is 1. The van der Waals surface area contributed by atoms with Crippen LogP contribution in [0.3, 0.4) is 0 Å². The van der Waals surface area contributed by atoms with Crippen LogP contribution in [0, 0.1) is 0 Å². The van der Waals surface area contributed by atoms with Crippen LogP contribution in [-0.4, -0.2) is 52.0 Å². The Balaban J connectivity index is 2.68. The molecule has 0 aromatic rings. The normalized spacial score (nSPS) is 43.4. The fraction of sp³-hybridized carbons (Fsp3) is 0.875. The minimum Gasteiger partial charge on any atom is -0.454 e. The van der Waals surface area contributed by atoms with Crippen LogP contribution in [0.1, 0.15) is 13.8 Å². The Bertz CT molecular complexity index is 218. The minimum absolute atomic E-state index is 0.654. The van der Waals surface area contributed by atoms with E-state index in [0.717, 1.165) is 6.92 Å². The first-order chi connectivity index (χ1) is 6.43. The van der Waals surface area contributed by atoms with Gasteiger partial charge >= 0.3 is 5.97 Å². The molecule has 14 heavy (non-hydrogen) atoms. The quantitative estimate of drug-likeness (QED) is 0.446. The molecular weight excluding hydrogens is 192 g/mol. The highest BCUT2D eigenvalue weighted by molar-refractivity contribution is 5.66. The lowest BCUT2D eigenvalue weighted by Crippen LogP contribution is -2.57. The summed E-state index contributed by atoms with van der Waals surface area (Å²) in [4.78, 5) is 10.6. The molecule has 1 aliphatic heterocycles. The fourth-order valence-electron chi connectivity index (χ4n) is 1.34. The number of esters is 1. The number of rotatable bonds is 1. The van der Waals surface area contributed by atoms with Crippen LogP contribution in [0.5, 0.6) is 0 Å². The molecule has 0 amide bonds. The third kappa shape index (κ3) is 2.21. The van der Waals surface area contributed by atoms with E-state index in [9.17, 15) is 20.1 Å². The topological polar surface area (TPSA) is 96.2 Å². The summed E-state index contributed by atoms with van der Waals surface area (Å²) in [5.41, 5.74) is 0. The van der Waals surface area contributed by atoms with Crippen LogP contribution in [-0.2, 0) is 14.3 Å². The predicted octanol–water partition coefficient (Wildman–Crippen LogP) is -1.62. The monoisotopic (exact) mass is 206 g/mol. The third-order valence-electron chi connectivity index (χ3n) is 2.10. The van der Waals surface area contributed by atoms with Crippen molar-refractivity contribution < 1.29 is 29.6 Å². The minimum atomic E-state index is -1.41. The van der Waals surface area contributed by atoms with Gasteiger partial charge in [-0.1, -0.05) is 0 Å². The van der Waals surface area contributed by atoms with Crippen molar-refractivity contribution >= 4 is 5.97 Å². The molecule has 5 atom stereocenters. The number of aliphatic hydroxyl groups is 3. The predicted molar refractivity (Wildman–Crippen MR) is 44.1 cm³/mol. The van der Waals surface area contributed by atoms with E-state index in [-0.39, 0.29) is 0 Å². The molecule has 0 aromatic heterocycles. The standard InChI is InChI=1S/C8H14O6/c1-3-5(10)6(11)7(8(12)13-3)14-4(2)9/h3,5-8,10-12H,1-2H3/t3-,5-,6+,7+,8-/m0/s1. The lowest BCUT2D eigenvalue weighted by Gasteiger charge is -2.38. The highest BCUT2D eigenvalue weighted by Crippen LogP contribution is 2.21. The zero-order chi connectivity index (χ0) is 10.9. The number of ether oxygens (including phenoxy) is 2. The highest BCUT2D eigenvalue weighted by atomic mass is 16.7. The van der Waals surface area contributed by atoms with Crippen molar-refractivity contribution in [1.82, 2.24) is 0 Å². The summed E-state index contributed by atoms with van der Waals surface area (Å²) in [6.45, 7) is 2.64. The summed E-state index contributed by atoms with van der Waals surface area (Å²) < 4.78 is 9.46. The average molecular weight is 206 g/mol. The van der Waals surface area contributed by atoms with Gasteiger partial charge in [0.25, 0.3) is 0 Å². The van der Waals surface area contributed by atoms with E-state index in [0.29, 0.717) is 0 Å². The van der Waals surface area contributed by atoms with Crippen molar-refractivity contribution in [2.75, 3.05) is 0 Å². The Morgan fingerprint density at radius 1 is 1.29 bits per heavy atom. The Kier molecular flexibility index (Phi) is 3.43. The molecule has 1 saturated heterocycles. The van der Waals surface area contributed by atoms with E-state index in [1.807, 2.05) is 0 Å². The van der Waals surface area contributed by atoms with Crippen LogP contribution in [0.15, 0.2) is 0 Å². The summed E-state index contributed by atoms with van der Waals surface area (Å²) in [7, 11) is 0. The molecule has 6 nitrogen and oxygen atoms in total. The van der Waals surface area contributed by atoms with Crippen molar-refractivity contribution in [2.45, 2.75) is 44.6 Å². The van der Waals surface area contributed by atoms with E-state index < -0.39 is 36.7 Å². The summed E-state index contributed by atoms with van der Waals surface area (Å²) in [5, 5.41) is 28.1. The van der Waals surface area contributed by atoms with E-state index in [2.05, 4.69) is 4.74 Å². The molecule has 0 saturated carbocycles. The molecule has 1 heterocycles. The van der Waals surface area contributed by atoms with Gasteiger partial charge in [-0.15, -0.1) is 0 Å². The summed E-state index contributed by atoms with van der Waals surface area (Å²) in [5.74, 6) is -0.654. The molecule has 0 unspecified atom stereocenters. The highest BCUT2D eigenvalue weighted by Gasteiger charge is 2.43. The Labute approximate surface area is 81.1 Å².